The highest BCUT2D eigenvalue weighted by Gasteiger charge is 2.34. The maximum Gasteiger partial charge on any atom is 0.278 e. The highest BCUT2D eigenvalue weighted by molar-refractivity contribution is 6.32. The van der Waals surface area contributed by atoms with E-state index in [1.165, 1.54) is 15.6 Å². The second-order valence-electron chi connectivity index (χ2n) is 8.34. The van der Waals surface area contributed by atoms with Gasteiger partial charge < -0.3 is 19.3 Å². The van der Waals surface area contributed by atoms with Crippen LogP contribution in [0.4, 0.5) is 0 Å². The van der Waals surface area contributed by atoms with Gasteiger partial charge in [-0.05, 0) is 31.2 Å². The van der Waals surface area contributed by atoms with E-state index in [9.17, 15) is 14.4 Å². The van der Waals surface area contributed by atoms with Crippen molar-refractivity contribution in [2.45, 2.75) is 13.0 Å². The molecule has 1 fully saturated rings. The number of aryl methyl sites for hydroxylation is 1. The predicted molar refractivity (Wildman–Crippen MR) is 128 cm³/mol. The molecule has 0 saturated carbocycles. The van der Waals surface area contributed by atoms with E-state index in [0.29, 0.717) is 41.0 Å². The number of nitrogens with zero attached hydrogens (tertiary/aromatic N) is 4. The first kappa shape index (κ1) is 22.9. The molecule has 2 amide bonds. The molecule has 1 saturated heterocycles. The molecular formula is C25H23ClN4O5. The summed E-state index contributed by atoms with van der Waals surface area (Å²) in [6.07, 6.45) is -0.742. The predicted octanol–water partition coefficient (Wildman–Crippen LogP) is 2.32. The molecule has 0 unspecified atom stereocenters. The van der Waals surface area contributed by atoms with Crippen molar-refractivity contribution in [2.75, 3.05) is 32.8 Å². The number of piperazine rings is 1. The number of benzene rings is 2. The second-order valence-corrected chi connectivity index (χ2v) is 8.75. The number of para-hydroxylation sites is 3. The first-order chi connectivity index (χ1) is 16.9. The van der Waals surface area contributed by atoms with Gasteiger partial charge in [-0.25, -0.2) is 4.68 Å². The minimum Gasteiger partial charge on any atom is -0.485 e. The van der Waals surface area contributed by atoms with E-state index in [0.717, 1.165) is 0 Å². The van der Waals surface area contributed by atoms with Crippen molar-refractivity contribution in [3.8, 4) is 17.2 Å². The van der Waals surface area contributed by atoms with Crippen LogP contribution in [0.3, 0.4) is 0 Å². The van der Waals surface area contributed by atoms with E-state index in [2.05, 4.69) is 5.10 Å². The molecule has 180 valence electrons. The number of rotatable bonds is 3. The second kappa shape index (κ2) is 9.42. The highest BCUT2D eigenvalue weighted by Crippen LogP contribution is 2.31. The topological polar surface area (TPSA) is 94.0 Å². The fraction of sp³-hybridized carbons (Fsp3) is 0.280. The number of ether oxygens (including phenoxy) is 2. The average Bonchev–Trinajstić information content (AvgIpc) is 2.88. The largest absolute Gasteiger partial charge is 0.485 e. The number of aromatic nitrogens is 2. The summed E-state index contributed by atoms with van der Waals surface area (Å²) in [5.74, 6) is 0.474. The molecule has 0 aliphatic carbocycles. The molecule has 2 aliphatic heterocycles. The van der Waals surface area contributed by atoms with Crippen LogP contribution in [-0.4, -0.2) is 70.3 Å². The van der Waals surface area contributed by atoms with Gasteiger partial charge in [0.25, 0.3) is 11.8 Å². The van der Waals surface area contributed by atoms with Gasteiger partial charge in [0.05, 0.1) is 10.7 Å². The zero-order valence-corrected chi connectivity index (χ0v) is 19.8. The molecule has 3 aromatic rings. The maximum absolute atomic E-state index is 13.2. The van der Waals surface area contributed by atoms with Crippen LogP contribution in [0.5, 0.6) is 11.5 Å². The number of carbonyl (C=O) groups is 2. The molecule has 0 N–H and O–H groups in total. The molecule has 35 heavy (non-hydrogen) atoms. The normalized spacial score (nSPS) is 17.3. The molecule has 1 atom stereocenters. The van der Waals surface area contributed by atoms with Crippen molar-refractivity contribution < 1.29 is 19.1 Å². The quantitative estimate of drug-likeness (QED) is 0.554. The Kier molecular flexibility index (Phi) is 6.17. The summed E-state index contributed by atoms with van der Waals surface area (Å²) in [6, 6.07) is 15.7. The average molecular weight is 495 g/mol. The fourth-order valence-corrected chi connectivity index (χ4v) is 4.40. The molecule has 0 bridgehead atoms. The standard InChI is InChI=1S/C25H23ClN4O5/c1-16-14-19(31)23(27-30(16)18-7-3-2-6-17(18)26)25(33)29-12-10-28(11-13-29)24(32)22-15-34-20-8-4-5-9-21(20)35-22/h2-9,14,22H,10-13,15H2,1H3/t22-/m1/s1. The summed E-state index contributed by atoms with van der Waals surface area (Å²) in [5, 5.41) is 4.79. The third-order valence-electron chi connectivity index (χ3n) is 6.05. The van der Waals surface area contributed by atoms with E-state index in [4.69, 9.17) is 21.1 Å². The summed E-state index contributed by atoms with van der Waals surface area (Å²) in [5.41, 5.74) is 0.496. The Morgan fingerprint density at radius 1 is 0.971 bits per heavy atom. The Bertz CT molecular complexity index is 1350. The molecule has 5 rings (SSSR count). The van der Waals surface area contributed by atoms with Crippen molar-refractivity contribution in [1.82, 2.24) is 19.6 Å². The van der Waals surface area contributed by atoms with Gasteiger partial charge in [0.2, 0.25) is 11.5 Å². The molecule has 0 radical (unpaired) electrons. The lowest BCUT2D eigenvalue weighted by atomic mass is 10.2. The number of hydrogen-bond acceptors (Lipinski definition) is 6. The van der Waals surface area contributed by atoms with E-state index in [1.807, 2.05) is 12.1 Å². The highest BCUT2D eigenvalue weighted by atomic mass is 35.5. The first-order valence-electron chi connectivity index (χ1n) is 11.2. The Labute approximate surface area is 206 Å². The monoisotopic (exact) mass is 494 g/mol. The molecule has 1 aromatic heterocycles. The van der Waals surface area contributed by atoms with Gasteiger partial charge in [0.1, 0.15) is 6.61 Å². The van der Waals surface area contributed by atoms with Gasteiger partial charge in [0.15, 0.2) is 17.2 Å². The van der Waals surface area contributed by atoms with Crippen molar-refractivity contribution in [3.05, 3.63) is 81.2 Å². The lowest BCUT2D eigenvalue weighted by Gasteiger charge is -2.37. The summed E-state index contributed by atoms with van der Waals surface area (Å²) in [6.45, 7) is 3.04. The van der Waals surface area contributed by atoms with Crippen LogP contribution < -0.4 is 14.9 Å². The Morgan fingerprint density at radius 2 is 1.63 bits per heavy atom. The van der Waals surface area contributed by atoms with Crippen molar-refractivity contribution in [3.63, 3.8) is 0 Å². The van der Waals surface area contributed by atoms with Gasteiger partial charge in [-0.15, -0.1) is 0 Å². The third-order valence-corrected chi connectivity index (χ3v) is 6.37. The minimum absolute atomic E-state index is 0.129. The molecule has 0 spiro atoms. The maximum atomic E-state index is 13.2. The Balaban J connectivity index is 1.27. The van der Waals surface area contributed by atoms with Crippen LogP contribution in [-0.2, 0) is 4.79 Å². The molecule has 9 nitrogen and oxygen atoms in total. The van der Waals surface area contributed by atoms with Crippen LogP contribution in [0.25, 0.3) is 5.69 Å². The van der Waals surface area contributed by atoms with Crippen LogP contribution in [0.1, 0.15) is 16.2 Å². The molecule has 2 aliphatic rings. The summed E-state index contributed by atoms with van der Waals surface area (Å²) >= 11 is 6.30. The van der Waals surface area contributed by atoms with Gasteiger partial charge in [-0.2, -0.15) is 5.10 Å². The fourth-order valence-electron chi connectivity index (χ4n) is 4.19. The SMILES string of the molecule is Cc1cc(=O)c(C(=O)N2CCN(C(=O)[C@H]3COc4ccccc4O3)CC2)nn1-c1ccccc1Cl. The summed E-state index contributed by atoms with van der Waals surface area (Å²) in [4.78, 5) is 42.0. The summed E-state index contributed by atoms with van der Waals surface area (Å²) < 4.78 is 13.0. The number of hydrogen-bond donors (Lipinski definition) is 0. The molecular weight excluding hydrogens is 472 g/mol. The number of fused-ring (bicyclic) bond motifs is 1. The van der Waals surface area contributed by atoms with Gasteiger partial charge in [-0.1, -0.05) is 35.9 Å². The molecule has 10 heteroatoms. The lowest BCUT2D eigenvalue weighted by Crippen LogP contribution is -2.55. The van der Waals surface area contributed by atoms with E-state index in [1.54, 1.807) is 48.2 Å². The number of halogens is 1. The van der Waals surface area contributed by atoms with Crippen molar-refractivity contribution in [2.24, 2.45) is 0 Å². The molecule has 3 heterocycles. The van der Waals surface area contributed by atoms with Crippen LogP contribution in [0.2, 0.25) is 5.02 Å². The third kappa shape index (κ3) is 4.46. The molecule has 2 aromatic carbocycles. The number of carbonyl (C=O) groups excluding carboxylic acids is 2. The zero-order valence-electron chi connectivity index (χ0n) is 19.0. The lowest BCUT2D eigenvalue weighted by molar-refractivity contribution is -0.142. The van der Waals surface area contributed by atoms with Crippen LogP contribution in [0.15, 0.2) is 59.4 Å². The minimum atomic E-state index is -0.742. The van der Waals surface area contributed by atoms with E-state index < -0.39 is 17.4 Å². The van der Waals surface area contributed by atoms with Crippen molar-refractivity contribution in [1.29, 1.82) is 0 Å². The van der Waals surface area contributed by atoms with E-state index >= 15 is 0 Å². The van der Waals surface area contributed by atoms with Crippen molar-refractivity contribution >= 4 is 23.4 Å². The van der Waals surface area contributed by atoms with Gasteiger partial charge in [-0.3, -0.25) is 14.4 Å². The Hall–Kier alpha value is -3.85. The summed E-state index contributed by atoms with van der Waals surface area (Å²) in [7, 11) is 0. The first-order valence-corrected chi connectivity index (χ1v) is 11.6. The Morgan fingerprint density at radius 3 is 2.37 bits per heavy atom. The smallest absolute Gasteiger partial charge is 0.278 e. The van der Waals surface area contributed by atoms with Crippen LogP contribution in [0, 0.1) is 6.92 Å². The van der Waals surface area contributed by atoms with E-state index in [-0.39, 0.29) is 31.3 Å². The zero-order chi connectivity index (χ0) is 24.5. The van der Waals surface area contributed by atoms with Crippen LogP contribution >= 0.6 is 11.6 Å². The number of amides is 2. The van der Waals surface area contributed by atoms with Gasteiger partial charge in [0, 0.05) is 37.9 Å². The van der Waals surface area contributed by atoms with Gasteiger partial charge >= 0.3 is 0 Å².